The predicted molar refractivity (Wildman–Crippen MR) is 126 cm³/mol. The number of carbonyl (C=O) groups excluding carboxylic acids is 2. The van der Waals surface area contributed by atoms with Crippen LogP contribution in [0, 0.1) is 25.2 Å². The molecule has 2 aromatic carbocycles. The van der Waals surface area contributed by atoms with Crippen molar-refractivity contribution >= 4 is 23.2 Å². The van der Waals surface area contributed by atoms with Crippen molar-refractivity contribution in [1.29, 1.82) is 0 Å². The van der Waals surface area contributed by atoms with Crippen LogP contribution in [0.15, 0.2) is 36.4 Å². The second kappa shape index (κ2) is 9.34. The van der Waals surface area contributed by atoms with E-state index in [1.165, 1.54) is 4.90 Å². The minimum atomic E-state index is -5.05. The summed E-state index contributed by atoms with van der Waals surface area (Å²) in [7, 11) is 0. The van der Waals surface area contributed by atoms with Crippen LogP contribution in [0.2, 0.25) is 0 Å². The quantitative estimate of drug-likeness (QED) is 0.511. The highest BCUT2D eigenvalue weighted by atomic mass is 19.4. The molecule has 0 unspecified atom stereocenters. The van der Waals surface area contributed by atoms with Crippen molar-refractivity contribution in [3.8, 4) is 0 Å². The van der Waals surface area contributed by atoms with Gasteiger partial charge in [-0.25, -0.2) is 0 Å². The summed E-state index contributed by atoms with van der Waals surface area (Å²) >= 11 is 0. The maximum absolute atomic E-state index is 13.8. The molecule has 5 nitrogen and oxygen atoms in total. The Bertz CT molecular complexity index is 1170. The molecule has 200 valence electrons. The SMILES string of the molecule is Cc1cccc(C)c1N1C[C@@](CN2CCC2)(C(=O)Nc2cc(C(F)(F)F)cc(C(F)(F)F)c2)[C@H](C)C1=O. The lowest BCUT2D eigenvalue weighted by Gasteiger charge is -2.40. The van der Waals surface area contributed by atoms with Crippen LogP contribution in [0.1, 0.15) is 35.6 Å². The van der Waals surface area contributed by atoms with Gasteiger partial charge in [0.15, 0.2) is 0 Å². The van der Waals surface area contributed by atoms with Crippen LogP contribution in [0.25, 0.3) is 0 Å². The molecule has 1 N–H and O–H groups in total. The lowest BCUT2D eigenvalue weighted by molar-refractivity contribution is -0.143. The van der Waals surface area contributed by atoms with E-state index in [1.54, 1.807) is 6.92 Å². The first-order valence-electron chi connectivity index (χ1n) is 11.8. The maximum atomic E-state index is 13.8. The maximum Gasteiger partial charge on any atom is 0.416 e. The zero-order valence-electron chi connectivity index (χ0n) is 20.6. The molecule has 2 saturated heterocycles. The summed E-state index contributed by atoms with van der Waals surface area (Å²) in [5.74, 6) is -1.98. The highest BCUT2D eigenvalue weighted by Gasteiger charge is 2.56. The molecule has 2 atom stereocenters. The summed E-state index contributed by atoms with van der Waals surface area (Å²) in [5.41, 5.74) is -2.79. The Kier molecular flexibility index (Phi) is 6.81. The van der Waals surface area contributed by atoms with E-state index in [2.05, 4.69) is 5.32 Å². The number of carbonyl (C=O) groups is 2. The highest BCUT2D eigenvalue weighted by Crippen LogP contribution is 2.44. The van der Waals surface area contributed by atoms with Gasteiger partial charge in [-0.1, -0.05) is 25.1 Å². The van der Waals surface area contributed by atoms with Gasteiger partial charge in [0, 0.05) is 24.5 Å². The number of anilines is 2. The number of rotatable bonds is 5. The van der Waals surface area contributed by atoms with E-state index in [0.717, 1.165) is 17.5 Å². The zero-order chi connectivity index (χ0) is 27.3. The van der Waals surface area contributed by atoms with Crippen LogP contribution < -0.4 is 10.2 Å². The van der Waals surface area contributed by atoms with Gasteiger partial charge in [-0.2, -0.15) is 26.3 Å². The van der Waals surface area contributed by atoms with E-state index >= 15 is 0 Å². The molecule has 2 fully saturated rings. The average molecular weight is 528 g/mol. The largest absolute Gasteiger partial charge is 0.416 e. The first kappa shape index (κ1) is 27.0. The van der Waals surface area contributed by atoms with Gasteiger partial charge in [-0.15, -0.1) is 0 Å². The van der Waals surface area contributed by atoms with E-state index in [1.807, 2.05) is 36.9 Å². The van der Waals surface area contributed by atoms with Crippen molar-refractivity contribution in [3.05, 3.63) is 58.7 Å². The van der Waals surface area contributed by atoms with E-state index in [4.69, 9.17) is 0 Å². The molecular formula is C26H27F6N3O2. The summed E-state index contributed by atoms with van der Waals surface area (Å²) in [6, 6.07) is 6.47. The molecule has 0 aliphatic carbocycles. The van der Waals surface area contributed by atoms with E-state index in [0.29, 0.717) is 30.9 Å². The van der Waals surface area contributed by atoms with Gasteiger partial charge in [0.25, 0.3) is 0 Å². The summed E-state index contributed by atoms with van der Waals surface area (Å²) < 4.78 is 80.2. The third-order valence-electron chi connectivity index (χ3n) is 7.37. The van der Waals surface area contributed by atoms with Gasteiger partial charge in [0.2, 0.25) is 11.8 Å². The van der Waals surface area contributed by atoms with Crippen molar-refractivity contribution in [2.24, 2.45) is 11.3 Å². The molecule has 0 radical (unpaired) electrons. The Morgan fingerprint density at radius 1 is 1.00 bits per heavy atom. The van der Waals surface area contributed by atoms with Crippen LogP contribution in [-0.2, 0) is 21.9 Å². The minimum absolute atomic E-state index is 0.00982. The minimum Gasteiger partial charge on any atom is -0.325 e. The Labute approximate surface area is 210 Å². The van der Waals surface area contributed by atoms with Gasteiger partial charge in [0.05, 0.1) is 22.5 Å². The molecule has 2 heterocycles. The van der Waals surface area contributed by atoms with Gasteiger partial charge in [-0.3, -0.25) is 9.59 Å². The smallest absolute Gasteiger partial charge is 0.325 e. The first-order valence-corrected chi connectivity index (χ1v) is 11.8. The van der Waals surface area contributed by atoms with Crippen LogP contribution in [0.4, 0.5) is 37.7 Å². The summed E-state index contributed by atoms with van der Waals surface area (Å²) in [6.07, 6.45) is -9.21. The number of amides is 2. The number of aryl methyl sites for hydroxylation is 2. The zero-order valence-corrected chi connectivity index (χ0v) is 20.6. The molecule has 0 spiro atoms. The topological polar surface area (TPSA) is 52.6 Å². The molecule has 2 aliphatic heterocycles. The summed E-state index contributed by atoms with van der Waals surface area (Å²) in [6.45, 7) is 6.71. The van der Waals surface area contributed by atoms with E-state index in [9.17, 15) is 35.9 Å². The number of likely N-dealkylation sites (tertiary alicyclic amines) is 1. The molecule has 2 amide bonds. The number of nitrogens with one attached hydrogen (secondary N) is 1. The number of nitrogens with zero attached hydrogens (tertiary/aromatic N) is 2. The fraction of sp³-hybridized carbons (Fsp3) is 0.462. The Morgan fingerprint density at radius 3 is 2.00 bits per heavy atom. The predicted octanol–water partition coefficient (Wildman–Crippen LogP) is 5.65. The number of para-hydroxylation sites is 1. The number of alkyl halides is 6. The Morgan fingerprint density at radius 2 is 1.54 bits per heavy atom. The molecular weight excluding hydrogens is 500 g/mol. The van der Waals surface area contributed by atoms with Gasteiger partial charge >= 0.3 is 12.4 Å². The number of hydrogen-bond donors (Lipinski definition) is 1. The van der Waals surface area contributed by atoms with Crippen LogP contribution in [0.3, 0.4) is 0 Å². The van der Waals surface area contributed by atoms with Gasteiger partial charge in [-0.05, 0) is 62.7 Å². The van der Waals surface area contributed by atoms with Crippen LogP contribution >= 0.6 is 0 Å². The molecule has 0 saturated carbocycles. The molecule has 4 rings (SSSR count). The fourth-order valence-electron chi connectivity index (χ4n) is 5.14. The second-order valence-electron chi connectivity index (χ2n) is 9.92. The monoisotopic (exact) mass is 527 g/mol. The molecule has 0 aromatic heterocycles. The molecule has 11 heteroatoms. The standard InChI is InChI=1S/C26H27F6N3O2/c1-15-6-4-7-16(2)21(15)35-14-24(17(3)22(35)36,13-34-8-5-9-34)23(37)33-20-11-18(25(27,28)29)10-19(12-20)26(30,31)32/h4,6-7,10-12,17H,5,8-9,13-14H2,1-3H3,(H,33,37)/t17-,24-/m1/s1. The van der Waals surface area contributed by atoms with Crippen molar-refractivity contribution in [2.45, 2.75) is 39.5 Å². The summed E-state index contributed by atoms with van der Waals surface area (Å²) in [4.78, 5) is 30.7. The third kappa shape index (κ3) is 5.05. The number of hydrogen-bond acceptors (Lipinski definition) is 3. The lowest BCUT2D eigenvalue weighted by atomic mass is 9.76. The second-order valence-corrected chi connectivity index (χ2v) is 9.92. The number of benzene rings is 2. The van der Waals surface area contributed by atoms with E-state index in [-0.39, 0.29) is 25.1 Å². The average Bonchev–Trinajstić information content (AvgIpc) is 3.01. The van der Waals surface area contributed by atoms with Gasteiger partial charge in [0.1, 0.15) is 0 Å². The first-order chi connectivity index (χ1) is 17.1. The van der Waals surface area contributed by atoms with Gasteiger partial charge < -0.3 is 15.1 Å². The highest BCUT2D eigenvalue weighted by molar-refractivity contribution is 6.08. The van der Waals surface area contributed by atoms with E-state index < -0.39 is 46.4 Å². The third-order valence-corrected chi connectivity index (χ3v) is 7.37. The van der Waals surface area contributed by atoms with Crippen molar-refractivity contribution in [1.82, 2.24) is 4.90 Å². The van der Waals surface area contributed by atoms with Crippen molar-refractivity contribution in [2.75, 3.05) is 36.4 Å². The van der Waals surface area contributed by atoms with Crippen molar-refractivity contribution in [3.63, 3.8) is 0 Å². The Hall–Kier alpha value is -3.08. The molecule has 2 aromatic rings. The number of halogens is 6. The lowest BCUT2D eigenvalue weighted by Crippen LogP contribution is -2.53. The van der Waals surface area contributed by atoms with Crippen LogP contribution in [0.5, 0.6) is 0 Å². The Balaban J connectivity index is 1.75. The van der Waals surface area contributed by atoms with Crippen molar-refractivity contribution < 1.29 is 35.9 Å². The molecule has 0 bridgehead atoms. The summed E-state index contributed by atoms with van der Waals surface area (Å²) in [5, 5.41) is 2.31. The fourth-order valence-corrected chi connectivity index (χ4v) is 5.14. The normalized spacial score (nSPS) is 22.8. The molecule has 37 heavy (non-hydrogen) atoms. The molecule has 2 aliphatic rings. The van der Waals surface area contributed by atoms with Crippen LogP contribution in [-0.4, -0.2) is 42.9 Å².